The van der Waals surface area contributed by atoms with Crippen molar-refractivity contribution in [2.24, 2.45) is 5.92 Å². The van der Waals surface area contributed by atoms with Crippen LogP contribution in [0.4, 0.5) is 0 Å². The zero-order chi connectivity index (χ0) is 18.2. The van der Waals surface area contributed by atoms with Crippen LogP contribution in [-0.2, 0) is 14.3 Å². The molecular weight excluding hydrogens is 408 g/mol. The molecule has 8 heteroatoms. The summed E-state index contributed by atoms with van der Waals surface area (Å²) in [5.41, 5.74) is -0.0582. The molecule has 3 unspecified atom stereocenters. The number of thiocarbonyl (C=S) groups is 1. The highest BCUT2D eigenvalue weighted by atomic mass is 79.9. The van der Waals surface area contributed by atoms with Gasteiger partial charge in [0.25, 0.3) is 0 Å². The Morgan fingerprint density at radius 3 is 2.96 bits per heavy atom. The van der Waals surface area contributed by atoms with Crippen molar-refractivity contribution in [1.29, 1.82) is 0 Å². The van der Waals surface area contributed by atoms with Gasteiger partial charge in [-0.2, -0.15) is 0 Å². The first-order chi connectivity index (χ1) is 11.9. The lowest BCUT2D eigenvalue weighted by Gasteiger charge is -2.55. The van der Waals surface area contributed by atoms with Crippen LogP contribution in [0.2, 0.25) is 0 Å². The monoisotopic (exact) mass is 428 g/mol. The zero-order valence-corrected chi connectivity index (χ0v) is 16.8. The number of carbonyl (C=O) groups is 1. The molecule has 1 N–H and O–H groups in total. The van der Waals surface area contributed by atoms with E-state index in [4.69, 9.17) is 26.4 Å². The molecule has 0 aromatic heterocycles. The summed E-state index contributed by atoms with van der Waals surface area (Å²) in [5, 5.41) is 3.84. The van der Waals surface area contributed by atoms with Gasteiger partial charge < -0.3 is 24.4 Å². The third-order valence-corrected chi connectivity index (χ3v) is 5.48. The fourth-order valence-electron chi connectivity index (χ4n) is 3.52. The molecular formula is C17H21BrN2O4S. The molecule has 2 heterocycles. The van der Waals surface area contributed by atoms with Crippen molar-refractivity contribution in [2.75, 3.05) is 26.9 Å². The van der Waals surface area contributed by atoms with Gasteiger partial charge in [0.1, 0.15) is 11.7 Å². The molecule has 3 atom stereocenters. The third-order valence-electron chi connectivity index (χ3n) is 4.65. The zero-order valence-electron chi connectivity index (χ0n) is 14.4. The van der Waals surface area contributed by atoms with E-state index in [0.29, 0.717) is 24.9 Å². The van der Waals surface area contributed by atoms with E-state index >= 15 is 0 Å². The van der Waals surface area contributed by atoms with Gasteiger partial charge in [0.2, 0.25) is 0 Å². The molecule has 2 aliphatic rings. The Morgan fingerprint density at radius 2 is 2.28 bits per heavy atom. The number of hydrogen-bond acceptors (Lipinski definition) is 5. The SMILES string of the molecule is CCOC(=O)C1C2NC(=S)N(CCOC)C1(C)Oc1ccc(Br)cc12. The molecule has 3 rings (SSSR count). The Labute approximate surface area is 160 Å². The largest absolute Gasteiger partial charge is 0.467 e. The first kappa shape index (κ1) is 18.4. The number of ether oxygens (including phenoxy) is 3. The van der Waals surface area contributed by atoms with Crippen molar-refractivity contribution in [3.05, 3.63) is 28.2 Å². The van der Waals surface area contributed by atoms with Crippen molar-refractivity contribution >= 4 is 39.2 Å². The van der Waals surface area contributed by atoms with Crippen molar-refractivity contribution in [1.82, 2.24) is 10.2 Å². The molecule has 0 radical (unpaired) electrons. The Hall–Kier alpha value is -1.38. The number of rotatable bonds is 5. The van der Waals surface area contributed by atoms with Gasteiger partial charge in [-0.3, -0.25) is 4.79 Å². The number of nitrogens with one attached hydrogen (secondary N) is 1. The van der Waals surface area contributed by atoms with E-state index in [1.165, 1.54) is 0 Å². The molecule has 136 valence electrons. The summed E-state index contributed by atoms with van der Waals surface area (Å²) in [7, 11) is 1.63. The standard InChI is InChI=1S/C17H21BrN2O4S/c1-4-23-15(21)13-14-11-9-10(18)5-6-12(11)24-17(13,2)20(7-8-22-3)16(25)19-14/h5-6,9,13-14H,4,7-8H2,1-3H3,(H,19,25). The first-order valence-electron chi connectivity index (χ1n) is 8.14. The van der Waals surface area contributed by atoms with E-state index in [-0.39, 0.29) is 12.0 Å². The van der Waals surface area contributed by atoms with Crippen LogP contribution in [0.3, 0.4) is 0 Å². The highest BCUT2D eigenvalue weighted by Crippen LogP contribution is 2.49. The molecule has 0 spiro atoms. The van der Waals surface area contributed by atoms with Gasteiger partial charge in [0, 0.05) is 23.7 Å². The topological polar surface area (TPSA) is 60.0 Å². The van der Waals surface area contributed by atoms with Gasteiger partial charge in [0.05, 0.1) is 19.3 Å². The predicted octanol–water partition coefficient (Wildman–Crippen LogP) is 2.61. The van der Waals surface area contributed by atoms with Crippen LogP contribution >= 0.6 is 28.1 Å². The summed E-state index contributed by atoms with van der Waals surface area (Å²) in [5.74, 6) is -0.135. The number of carbonyl (C=O) groups excluding carboxylic acids is 1. The molecule has 0 amide bonds. The van der Waals surface area contributed by atoms with Crippen LogP contribution < -0.4 is 10.1 Å². The number of benzene rings is 1. The Morgan fingerprint density at radius 1 is 1.52 bits per heavy atom. The van der Waals surface area contributed by atoms with E-state index in [9.17, 15) is 4.79 Å². The average molecular weight is 429 g/mol. The third kappa shape index (κ3) is 3.11. The van der Waals surface area contributed by atoms with Crippen molar-refractivity contribution in [3.8, 4) is 5.75 Å². The summed E-state index contributed by atoms with van der Waals surface area (Å²) in [6, 6.07) is 5.46. The smallest absolute Gasteiger partial charge is 0.317 e. The Balaban J connectivity index is 2.09. The minimum atomic E-state index is -0.946. The second kappa shape index (κ2) is 7.09. The molecule has 1 saturated heterocycles. The van der Waals surface area contributed by atoms with Gasteiger partial charge >= 0.3 is 5.97 Å². The predicted molar refractivity (Wildman–Crippen MR) is 100 cm³/mol. The quantitative estimate of drug-likeness (QED) is 0.571. The molecule has 1 aromatic carbocycles. The number of nitrogens with zero attached hydrogens (tertiary/aromatic N) is 1. The van der Waals surface area contributed by atoms with Crippen LogP contribution in [0.15, 0.2) is 22.7 Å². The minimum Gasteiger partial charge on any atom is -0.467 e. The molecule has 2 bridgehead atoms. The van der Waals surface area contributed by atoms with Crippen LogP contribution in [-0.4, -0.2) is 48.6 Å². The normalized spacial score (nSPS) is 27.2. The molecule has 2 aliphatic heterocycles. The maximum atomic E-state index is 12.8. The van der Waals surface area contributed by atoms with E-state index in [2.05, 4.69) is 21.2 Å². The molecule has 0 saturated carbocycles. The number of methoxy groups -OCH3 is 1. The summed E-state index contributed by atoms with van der Waals surface area (Å²) in [4.78, 5) is 14.7. The number of hydrogen-bond donors (Lipinski definition) is 1. The first-order valence-corrected chi connectivity index (χ1v) is 9.34. The van der Waals surface area contributed by atoms with Crippen molar-refractivity contribution in [2.45, 2.75) is 25.6 Å². The van der Waals surface area contributed by atoms with E-state index in [1.54, 1.807) is 14.0 Å². The Kier molecular flexibility index (Phi) is 5.22. The van der Waals surface area contributed by atoms with Crippen molar-refractivity contribution < 1.29 is 19.0 Å². The lowest BCUT2D eigenvalue weighted by atomic mass is 9.79. The van der Waals surface area contributed by atoms with E-state index in [0.717, 1.165) is 15.8 Å². The molecule has 6 nitrogen and oxygen atoms in total. The van der Waals surface area contributed by atoms with Gasteiger partial charge in [-0.25, -0.2) is 0 Å². The minimum absolute atomic E-state index is 0.307. The summed E-state index contributed by atoms with van der Waals surface area (Å²) >= 11 is 9.03. The van der Waals surface area contributed by atoms with Gasteiger partial charge in [-0.1, -0.05) is 15.9 Å². The van der Waals surface area contributed by atoms with Crippen LogP contribution in [0.25, 0.3) is 0 Å². The van der Waals surface area contributed by atoms with E-state index < -0.39 is 11.6 Å². The van der Waals surface area contributed by atoms with Crippen molar-refractivity contribution in [3.63, 3.8) is 0 Å². The second-order valence-electron chi connectivity index (χ2n) is 6.14. The van der Waals surface area contributed by atoms with Gasteiger partial charge in [-0.05, 0) is 44.3 Å². The van der Waals surface area contributed by atoms with Crippen LogP contribution in [0.1, 0.15) is 25.5 Å². The lowest BCUT2D eigenvalue weighted by Crippen LogP contribution is -2.71. The maximum absolute atomic E-state index is 12.8. The fourth-order valence-corrected chi connectivity index (χ4v) is 4.30. The summed E-state index contributed by atoms with van der Waals surface area (Å²) < 4.78 is 17.8. The summed E-state index contributed by atoms with van der Waals surface area (Å²) in [6.07, 6.45) is 0. The second-order valence-corrected chi connectivity index (χ2v) is 7.44. The van der Waals surface area contributed by atoms with E-state index in [1.807, 2.05) is 30.0 Å². The Bertz CT molecular complexity index is 701. The number of fused-ring (bicyclic) bond motifs is 4. The van der Waals surface area contributed by atoms with Gasteiger partial charge in [-0.15, -0.1) is 0 Å². The number of halogens is 1. The lowest BCUT2D eigenvalue weighted by molar-refractivity contribution is -0.176. The fraction of sp³-hybridized carbons (Fsp3) is 0.529. The average Bonchev–Trinajstić information content (AvgIpc) is 2.55. The summed E-state index contributed by atoms with van der Waals surface area (Å²) in [6.45, 7) is 4.97. The number of esters is 1. The van der Waals surface area contributed by atoms with Crippen LogP contribution in [0, 0.1) is 5.92 Å². The molecule has 25 heavy (non-hydrogen) atoms. The highest BCUT2D eigenvalue weighted by Gasteiger charge is 2.59. The molecule has 0 aliphatic carbocycles. The highest BCUT2D eigenvalue weighted by molar-refractivity contribution is 9.10. The molecule has 1 fully saturated rings. The van der Waals surface area contributed by atoms with Gasteiger partial charge in [0.15, 0.2) is 10.8 Å². The molecule has 1 aromatic rings. The van der Waals surface area contributed by atoms with Crippen LogP contribution in [0.5, 0.6) is 5.75 Å². The maximum Gasteiger partial charge on any atom is 0.317 e.